The first-order chi connectivity index (χ1) is 10.6. The Morgan fingerprint density at radius 3 is 2.74 bits per heavy atom. The van der Waals surface area contributed by atoms with Crippen molar-refractivity contribution in [2.24, 2.45) is 0 Å². The highest BCUT2D eigenvalue weighted by Gasteiger charge is 2.23. The summed E-state index contributed by atoms with van der Waals surface area (Å²) in [6.07, 6.45) is 4.40. The molecule has 120 valence electrons. The van der Waals surface area contributed by atoms with E-state index in [0.717, 1.165) is 23.2 Å². The summed E-state index contributed by atoms with van der Waals surface area (Å²) in [6.45, 7) is 0.559. The van der Waals surface area contributed by atoms with Crippen molar-refractivity contribution < 1.29 is 9.59 Å². The fourth-order valence-corrected chi connectivity index (χ4v) is 2.60. The monoisotopic (exact) mass is 331 g/mol. The molecular formula is C17H18ClN3O2. The minimum Gasteiger partial charge on any atom is -0.352 e. The van der Waals surface area contributed by atoms with Crippen molar-refractivity contribution >= 4 is 29.9 Å². The van der Waals surface area contributed by atoms with Gasteiger partial charge in [0.1, 0.15) is 0 Å². The van der Waals surface area contributed by atoms with Crippen LogP contribution >= 0.6 is 12.4 Å². The van der Waals surface area contributed by atoms with Gasteiger partial charge >= 0.3 is 0 Å². The van der Waals surface area contributed by atoms with Gasteiger partial charge in [-0.05, 0) is 35.7 Å². The number of nitrogens with zero attached hydrogens (tertiary/aromatic N) is 2. The van der Waals surface area contributed by atoms with Crippen LogP contribution < -0.4 is 10.2 Å². The van der Waals surface area contributed by atoms with E-state index < -0.39 is 0 Å². The SMILES string of the molecule is CN1C(=O)Cc2cc(CCNC(=O)c3ccncc3)ccc21.Cl. The fraction of sp³-hybridized carbons (Fsp3) is 0.235. The van der Waals surface area contributed by atoms with Gasteiger partial charge < -0.3 is 10.2 Å². The normalized spacial score (nSPS) is 12.6. The van der Waals surface area contributed by atoms with Gasteiger partial charge in [0.25, 0.3) is 5.91 Å². The average Bonchev–Trinajstić information content (AvgIpc) is 2.82. The molecule has 3 rings (SSSR count). The van der Waals surface area contributed by atoms with Crippen molar-refractivity contribution in [2.45, 2.75) is 12.8 Å². The highest BCUT2D eigenvalue weighted by molar-refractivity contribution is 6.00. The number of carbonyl (C=O) groups excluding carboxylic acids is 2. The number of benzene rings is 1. The van der Waals surface area contributed by atoms with Crippen LogP contribution in [0.2, 0.25) is 0 Å². The first kappa shape index (κ1) is 17.0. The van der Waals surface area contributed by atoms with Crippen LogP contribution in [0.3, 0.4) is 0 Å². The zero-order chi connectivity index (χ0) is 15.5. The Morgan fingerprint density at radius 2 is 2.00 bits per heavy atom. The first-order valence-electron chi connectivity index (χ1n) is 7.22. The smallest absolute Gasteiger partial charge is 0.251 e. The van der Waals surface area contributed by atoms with E-state index in [9.17, 15) is 9.59 Å². The number of pyridine rings is 1. The molecule has 2 heterocycles. The first-order valence-corrected chi connectivity index (χ1v) is 7.22. The molecule has 5 nitrogen and oxygen atoms in total. The van der Waals surface area contributed by atoms with Crippen molar-refractivity contribution in [2.75, 3.05) is 18.5 Å². The maximum Gasteiger partial charge on any atom is 0.251 e. The summed E-state index contributed by atoms with van der Waals surface area (Å²) in [4.78, 5) is 29.2. The lowest BCUT2D eigenvalue weighted by molar-refractivity contribution is -0.117. The Hall–Kier alpha value is -2.40. The number of hydrogen-bond donors (Lipinski definition) is 1. The van der Waals surface area contributed by atoms with E-state index in [0.29, 0.717) is 18.5 Å². The van der Waals surface area contributed by atoms with Gasteiger partial charge in [-0.15, -0.1) is 12.4 Å². The van der Waals surface area contributed by atoms with Gasteiger partial charge in [-0.2, -0.15) is 0 Å². The number of anilines is 1. The summed E-state index contributed by atoms with van der Waals surface area (Å²) in [6, 6.07) is 9.40. The van der Waals surface area contributed by atoms with E-state index in [1.54, 1.807) is 36.5 Å². The standard InChI is InChI=1S/C17H17N3O2.ClH/c1-20-15-3-2-12(10-14(15)11-16(20)21)4-9-19-17(22)13-5-7-18-8-6-13;/h2-3,5-8,10H,4,9,11H2,1H3,(H,19,22);1H. The highest BCUT2D eigenvalue weighted by Crippen LogP contribution is 2.28. The third-order valence-electron chi connectivity index (χ3n) is 3.86. The molecule has 1 aromatic heterocycles. The summed E-state index contributed by atoms with van der Waals surface area (Å²) in [5, 5.41) is 2.89. The van der Waals surface area contributed by atoms with E-state index in [4.69, 9.17) is 0 Å². The van der Waals surface area contributed by atoms with Crippen molar-refractivity contribution in [3.8, 4) is 0 Å². The summed E-state index contributed by atoms with van der Waals surface area (Å²) in [7, 11) is 1.79. The van der Waals surface area contributed by atoms with E-state index in [1.807, 2.05) is 12.1 Å². The van der Waals surface area contributed by atoms with Crippen LogP contribution in [-0.4, -0.2) is 30.4 Å². The van der Waals surface area contributed by atoms with Gasteiger partial charge in [-0.25, -0.2) is 0 Å². The predicted molar refractivity (Wildman–Crippen MR) is 91.1 cm³/mol. The molecule has 0 aliphatic carbocycles. The second-order valence-corrected chi connectivity index (χ2v) is 5.33. The molecule has 1 N–H and O–H groups in total. The molecule has 1 aliphatic rings. The molecule has 0 saturated heterocycles. The molecule has 1 aromatic carbocycles. The molecule has 6 heteroatoms. The summed E-state index contributed by atoms with van der Waals surface area (Å²) in [5.74, 6) is 0.0246. The minimum absolute atomic E-state index is 0. The zero-order valence-electron chi connectivity index (χ0n) is 12.8. The molecule has 2 aromatic rings. The third-order valence-corrected chi connectivity index (χ3v) is 3.86. The highest BCUT2D eigenvalue weighted by atomic mass is 35.5. The second-order valence-electron chi connectivity index (χ2n) is 5.33. The predicted octanol–water partition coefficient (Wildman–Crippen LogP) is 1.99. The van der Waals surface area contributed by atoms with Crippen LogP contribution in [0.4, 0.5) is 5.69 Å². The van der Waals surface area contributed by atoms with Crippen molar-refractivity contribution in [1.82, 2.24) is 10.3 Å². The van der Waals surface area contributed by atoms with Gasteiger partial charge in [0.05, 0.1) is 6.42 Å². The largest absolute Gasteiger partial charge is 0.352 e. The molecule has 0 radical (unpaired) electrons. The van der Waals surface area contributed by atoms with E-state index in [-0.39, 0.29) is 24.2 Å². The number of aromatic nitrogens is 1. The molecule has 2 amide bonds. The Bertz CT molecular complexity index is 719. The summed E-state index contributed by atoms with van der Waals surface area (Å²) >= 11 is 0. The van der Waals surface area contributed by atoms with E-state index in [2.05, 4.69) is 16.4 Å². The Morgan fingerprint density at radius 1 is 1.26 bits per heavy atom. The number of hydrogen-bond acceptors (Lipinski definition) is 3. The van der Waals surface area contributed by atoms with Gasteiger partial charge in [0.15, 0.2) is 0 Å². The third kappa shape index (κ3) is 3.68. The number of halogens is 1. The van der Waals surface area contributed by atoms with E-state index in [1.165, 1.54) is 0 Å². The summed E-state index contributed by atoms with van der Waals surface area (Å²) in [5.41, 5.74) is 3.77. The Labute approximate surface area is 141 Å². The number of nitrogens with one attached hydrogen (secondary N) is 1. The Balaban J connectivity index is 0.00000192. The number of amides is 2. The maximum atomic E-state index is 11.9. The molecule has 0 bridgehead atoms. The number of fused-ring (bicyclic) bond motifs is 1. The molecule has 1 aliphatic heterocycles. The lowest BCUT2D eigenvalue weighted by atomic mass is 10.1. The topological polar surface area (TPSA) is 62.3 Å². The van der Waals surface area contributed by atoms with Gasteiger partial charge in [-0.1, -0.05) is 12.1 Å². The van der Waals surface area contributed by atoms with E-state index >= 15 is 0 Å². The molecule has 0 saturated carbocycles. The molecule has 23 heavy (non-hydrogen) atoms. The van der Waals surface area contributed by atoms with Gasteiger partial charge in [0.2, 0.25) is 5.91 Å². The Kier molecular flexibility index (Phi) is 5.34. The van der Waals surface area contributed by atoms with Crippen molar-refractivity contribution in [3.63, 3.8) is 0 Å². The van der Waals surface area contributed by atoms with Crippen LogP contribution in [0, 0.1) is 0 Å². The van der Waals surface area contributed by atoms with Crippen molar-refractivity contribution in [1.29, 1.82) is 0 Å². The quantitative estimate of drug-likeness (QED) is 0.932. The van der Waals surface area contributed by atoms with Crippen molar-refractivity contribution in [3.05, 3.63) is 59.4 Å². The lowest BCUT2D eigenvalue weighted by Crippen LogP contribution is -2.25. The fourth-order valence-electron chi connectivity index (χ4n) is 2.60. The van der Waals surface area contributed by atoms with Crippen LogP contribution in [0.25, 0.3) is 0 Å². The second kappa shape index (κ2) is 7.24. The van der Waals surface area contributed by atoms with Crippen LogP contribution in [0.15, 0.2) is 42.7 Å². The summed E-state index contributed by atoms with van der Waals surface area (Å²) < 4.78 is 0. The molecule has 0 spiro atoms. The zero-order valence-corrected chi connectivity index (χ0v) is 13.6. The molecular weight excluding hydrogens is 314 g/mol. The molecule has 0 unspecified atom stereocenters. The van der Waals surface area contributed by atoms with Gasteiger partial charge in [-0.3, -0.25) is 14.6 Å². The molecule has 0 fully saturated rings. The maximum absolute atomic E-state index is 11.9. The minimum atomic E-state index is -0.0986. The number of rotatable bonds is 4. The van der Waals surface area contributed by atoms with Crippen LogP contribution in [-0.2, 0) is 17.6 Å². The number of carbonyl (C=O) groups is 2. The van der Waals surface area contributed by atoms with Gasteiger partial charge in [0, 0.05) is 37.2 Å². The molecule has 0 atom stereocenters. The lowest BCUT2D eigenvalue weighted by Gasteiger charge is -2.11. The van der Waals surface area contributed by atoms with Crippen LogP contribution in [0.1, 0.15) is 21.5 Å². The number of likely N-dealkylation sites (N-methyl/N-ethyl adjacent to an activating group) is 1. The van der Waals surface area contributed by atoms with Crippen LogP contribution in [0.5, 0.6) is 0 Å². The average molecular weight is 332 g/mol.